The SMILES string of the molecule is CCNCC(C)(C)Cc1cn(C)nn1. The van der Waals surface area contributed by atoms with Gasteiger partial charge in [0.2, 0.25) is 0 Å². The summed E-state index contributed by atoms with van der Waals surface area (Å²) < 4.78 is 1.75. The third-order valence-corrected chi connectivity index (χ3v) is 2.16. The summed E-state index contributed by atoms with van der Waals surface area (Å²) in [7, 11) is 1.90. The largest absolute Gasteiger partial charge is 0.316 e. The van der Waals surface area contributed by atoms with Crippen molar-refractivity contribution in [3.05, 3.63) is 11.9 Å². The van der Waals surface area contributed by atoms with E-state index in [1.54, 1.807) is 4.68 Å². The number of rotatable bonds is 5. The molecule has 1 rings (SSSR count). The van der Waals surface area contributed by atoms with Gasteiger partial charge in [-0.05, 0) is 18.4 Å². The molecule has 0 aliphatic rings. The van der Waals surface area contributed by atoms with Crippen molar-refractivity contribution in [3.63, 3.8) is 0 Å². The number of hydrogen-bond donors (Lipinski definition) is 1. The van der Waals surface area contributed by atoms with Gasteiger partial charge < -0.3 is 5.32 Å². The van der Waals surface area contributed by atoms with Gasteiger partial charge in [0.25, 0.3) is 0 Å². The predicted molar refractivity (Wildman–Crippen MR) is 57.0 cm³/mol. The summed E-state index contributed by atoms with van der Waals surface area (Å²) >= 11 is 0. The summed E-state index contributed by atoms with van der Waals surface area (Å²) in [6.07, 6.45) is 2.95. The predicted octanol–water partition coefficient (Wildman–Crippen LogP) is 0.993. The van der Waals surface area contributed by atoms with Crippen LogP contribution >= 0.6 is 0 Å². The van der Waals surface area contributed by atoms with Gasteiger partial charge >= 0.3 is 0 Å². The van der Waals surface area contributed by atoms with Crippen molar-refractivity contribution in [2.75, 3.05) is 13.1 Å². The van der Waals surface area contributed by atoms with Gasteiger partial charge in [-0.25, -0.2) is 0 Å². The van der Waals surface area contributed by atoms with Gasteiger partial charge in [0.15, 0.2) is 0 Å². The Morgan fingerprint density at radius 1 is 1.50 bits per heavy atom. The molecule has 14 heavy (non-hydrogen) atoms. The van der Waals surface area contributed by atoms with Gasteiger partial charge in [-0.3, -0.25) is 4.68 Å². The van der Waals surface area contributed by atoms with Gasteiger partial charge in [0.1, 0.15) is 0 Å². The third kappa shape index (κ3) is 3.46. The summed E-state index contributed by atoms with van der Waals surface area (Å²) in [4.78, 5) is 0. The lowest BCUT2D eigenvalue weighted by Gasteiger charge is -2.23. The topological polar surface area (TPSA) is 42.7 Å². The van der Waals surface area contributed by atoms with Crippen LogP contribution in [0.25, 0.3) is 0 Å². The van der Waals surface area contributed by atoms with E-state index in [1.165, 1.54) is 0 Å². The van der Waals surface area contributed by atoms with Crippen molar-refractivity contribution >= 4 is 0 Å². The van der Waals surface area contributed by atoms with Gasteiger partial charge in [0, 0.05) is 19.8 Å². The minimum absolute atomic E-state index is 0.242. The maximum absolute atomic E-state index is 4.09. The lowest BCUT2D eigenvalue weighted by molar-refractivity contribution is 0.338. The highest BCUT2D eigenvalue weighted by Gasteiger charge is 2.19. The van der Waals surface area contributed by atoms with E-state index < -0.39 is 0 Å². The Labute approximate surface area is 85.7 Å². The molecular formula is C10H20N4. The summed E-state index contributed by atoms with van der Waals surface area (Å²) in [5.74, 6) is 0. The van der Waals surface area contributed by atoms with Crippen LogP contribution in [0.1, 0.15) is 26.5 Å². The van der Waals surface area contributed by atoms with Crippen LogP contribution in [0.4, 0.5) is 0 Å². The minimum atomic E-state index is 0.242. The van der Waals surface area contributed by atoms with Crippen LogP contribution in [0, 0.1) is 5.41 Å². The first-order chi connectivity index (χ1) is 6.53. The lowest BCUT2D eigenvalue weighted by atomic mass is 9.88. The van der Waals surface area contributed by atoms with E-state index in [0.29, 0.717) is 0 Å². The molecule has 0 spiro atoms. The van der Waals surface area contributed by atoms with E-state index in [0.717, 1.165) is 25.2 Å². The van der Waals surface area contributed by atoms with E-state index in [2.05, 4.69) is 36.4 Å². The van der Waals surface area contributed by atoms with Crippen molar-refractivity contribution in [2.45, 2.75) is 27.2 Å². The Morgan fingerprint density at radius 2 is 2.21 bits per heavy atom. The van der Waals surface area contributed by atoms with E-state index >= 15 is 0 Å². The molecule has 4 heteroatoms. The molecule has 1 aromatic heterocycles. The standard InChI is InChI=1S/C10H20N4/c1-5-11-8-10(2,3)6-9-7-14(4)13-12-9/h7,11H,5-6,8H2,1-4H3. The van der Waals surface area contributed by atoms with Crippen LogP contribution in [0.5, 0.6) is 0 Å². The highest BCUT2D eigenvalue weighted by molar-refractivity contribution is 4.96. The average molecular weight is 196 g/mol. The fraction of sp³-hybridized carbons (Fsp3) is 0.800. The second-order valence-corrected chi connectivity index (χ2v) is 4.50. The number of aromatic nitrogens is 3. The monoisotopic (exact) mass is 196 g/mol. The maximum atomic E-state index is 4.09. The normalized spacial score (nSPS) is 12.0. The van der Waals surface area contributed by atoms with Crippen LogP contribution in [0.2, 0.25) is 0 Å². The summed E-state index contributed by atoms with van der Waals surface area (Å²) in [6.45, 7) is 8.64. The van der Waals surface area contributed by atoms with E-state index in [1.807, 2.05) is 13.2 Å². The summed E-state index contributed by atoms with van der Waals surface area (Å²) in [6, 6.07) is 0. The van der Waals surface area contributed by atoms with Crippen LogP contribution in [-0.2, 0) is 13.5 Å². The molecule has 0 amide bonds. The van der Waals surface area contributed by atoms with Gasteiger partial charge in [0.05, 0.1) is 5.69 Å². The zero-order valence-electron chi connectivity index (χ0n) is 9.54. The Kier molecular flexibility index (Phi) is 3.63. The molecule has 0 saturated heterocycles. The van der Waals surface area contributed by atoms with Crippen molar-refractivity contribution in [1.29, 1.82) is 0 Å². The highest BCUT2D eigenvalue weighted by Crippen LogP contribution is 2.19. The molecule has 1 N–H and O–H groups in total. The van der Waals surface area contributed by atoms with E-state index in [9.17, 15) is 0 Å². The quantitative estimate of drug-likeness (QED) is 0.764. The second kappa shape index (κ2) is 4.55. The summed E-state index contributed by atoms with van der Waals surface area (Å²) in [5, 5.41) is 11.4. The molecule has 0 saturated carbocycles. The molecule has 0 unspecified atom stereocenters. The molecule has 4 nitrogen and oxygen atoms in total. The van der Waals surface area contributed by atoms with Crippen LogP contribution in [-0.4, -0.2) is 28.1 Å². The zero-order chi connectivity index (χ0) is 10.6. The van der Waals surface area contributed by atoms with Crippen molar-refractivity contribution in [2.24, 2.45) is 12.5 Å². The van der Waals surface area contributed by atoms with Crippen LogP contribution < -0.4 is 5.32 Å². The van der Waals surface area contributed by atoms with Crippen molar-refractivity contribution < 1.29 is 0 Å². The van der Waals surface area contributed by atoms with Crippen molar-refractivity contribution in [1.82, 2.24) is 20.3 Å². The minimum Gasteiger partial charge on any atom is -0.316 e. The molecule has 80 valence electrons. The molecule has 0 radical (unpaired) electrons. The summed E-state index contributed by atoms with van der Waals surface area (Å²) in [5.41, 5.74) is 1.31. The first-order valence-corrected chi connectivity index (χ1v) is 5.09. The van der Waals surface area contributed by atoms with Crippen molar-refractivity contribution in [3.8, 4) is 0 Å². The first kappa shape index (κ1) is 11.2. The molecule has 0 fully saturated rings. The fourth-order valence-corrected chi connectivity index (χ4v) is 1.49. The van der Waals surface area contributed by atoms with Gasteiger partial charge in [-0.1, -0.05) is 26.0 Å². The molecule has 1 heterocycles. The number of nitrogens with zero attached hydrogens (tertiary/aromatic N) is 3. The van der Waals surface area contributed by atoms with Gasteiger partial charge in [-0.15, -0.1) is 5.10 Å². The maximum Gasteiger partial charge on any atom is 0.0832 e. The fourth-order valence-electron chi connectivity index (χ4n) is 1.49. The van der Waals surface area contributed by atoms with E-state index in [-0.39, 0.29) is 5.41 Å². The molecule has 1 aromatic rings. The average Bonchev–Trinajstić information content (AvgIpc) is 2.47. The molecule has 0 atom stereocenters. The molecule has 0 aliphatic heterocycles. The van der Waals surface area contributed by atoms with E-state index in [4.69, 9.17) is 0 Å². The Bertz CT molecular complexity index is 277. The number of hydrogen-bond acceptors (Lipinski definition) is 3. The van der Waals surface area contributed by atoms with Gasteiger partial charge in [-0.2, -0.15) is 0 Å². The number of aryl methyl sites for hydroxylation is 1. The highest BCUT2D eigenvalue weighted by atomic mass is 15.4. The van der Waals surface area contributed by atoms with Crippen LogP contribution in [0.15, 0.2) is 6.20 Å². The Balaban J connectivity index is 2.49. The molecule has 0 bridgehead atoms. The number of nitrogens with one attached hydrogen (secondary N) is 1. The lowest BCUT2D eigenvalue weighted by Crippen LogP contribution is -2.31. The first-order valence-electron chi connectivity index (χ1n) is 5.09. The molecular weight excluding hydrogens is 176 g/mol. The molecule has 0 aliphatic carbocycles. The van der Waals surface area contributed by atoms with Crippen LogP contribution in [0.3, 0.4) is 0 Å². The zero-order valence-corrected chi connectivity index (χ0v) is 9.54. The smallest absolute Gasteiger partial charge is 0.0832 e. The second-order valence-electron chi connectivity index (χ2n) is 4.50. The Hall–Kier alpha value is -0.900. The Morgan fingerprint density at radius 3 is 2.71 bits per heavy atom. The third-order valence-electron chi connectivity index (χ3n) is 2.16. The molecule has 0 aromatic carbocycles.